The van der Waals surface area contributed by atoms with Gasteiger partial charge in [0.25, 0.3) is 0 Å². The number of nitrogens with zero attached hydrogens (tertiary/aromatic N) is 1. The van der Waals surface area contributed by atoms with Gasteiger partial charge in [0.2, 0.25) is 0 Å². The summed E-state index contributed by atoms with van der Waals surface area (Å²) in [5.74, 6) is 0.687. The molecule has 0 saturated carbocycles. The van der Waals surface area contributed by atoms with Crippen molar-refractivity contribution in [3.63, 3.8) is 0 Å². The van der Waals surface area contributed by atoms with E-state index in [-0.39, 0.29) is 12.1 Å². The molecule has 23 heavy (non-hydrogen) atoms. The maximum absolute atomic E-state index is 6.08. The first-order valence-corrected chi connectivity index (χ1v) is 10.1. The van der Waals surface area contributed by atoms with Gasteiger partial charge in [0.1, 0.15) is 12.1 Å². The van der Waals surface area contributed by atoms with Crippen LogP contribution in [0.3, 0.4) is 0 Å². The number of hydrogen-bond acceptors (Lipinski definition) is 6. The summed E-state index contributed by atoms with van der Waals surface area (Å²) in [6.07, 6.45) is 2.52. The first kappa shape index (κ1) is 18.7. The average molecular weight is 357 g/mol. The number of aliphatic imine (C=N–C) groups is 1. The van der Waals surface area contributed by atoms with Gasteiger partial charge in [-0.1, -0.05) is 12.1 Å². The predicted molar refractivity (Wildman–Crippen MR) is 95.6 cm³/mol. The third-order valence-corrected chi connectivity index (χ3v) is 5.67. The van der Waals surface area contributed by atoms with Gasteiger partial charge in [-0.2, -0.15) is 0 Å². The number of ether oxygens (including phenoxy) is 2. The van der Waals surface area contributed by atoms with E-state index in [1.807, 2.05) is 6.92 Å². The van der Waals surface area contributed by atoms with Gasteiger partial charge < -0.3 is 18.5 Å². The molecule has 1 aromatic carbocycles. The topological polar surface area (TPSA) is 49.3 Å². The van der Waals surface area contributed by atoms with Crippen LogP contribution in [0.5, 0.6) is 0 Å². The second-order valence-electron chi connectivity index (χ2n) is 4.95. The van der Waals surface area contributed by atoms with Gasteiger partial charge in [-0.15, -0.1) is 11.8 Å². The molecule has 0 aromatic heterocycles. The van der Waals surface area contributed by atoms with Crippen LogP contribution < -0.4 is 0 Å². The minimum Gasteiger partial charge on any atom is -0.470 e. The van der Waals surface area contributed by atoms with E-state index >= 15 is 0 Å². The Kier molecular flexibility index (Phi) is 7.80. The molecule has 1 heterocycles. The summed E-state index contributed by atoms with van der Waals surface area (Å²) in [6.45, 7) is 3.10. The van der Waals surface area contributed by atoms with Gasteiger partial charge in [0.15, 0.2) is 14.3 Å². The van der Waals surface area contributed by atoms with Crippen molar-refractivity contribution in [3.05, 3.63) is 29.8 Å². The zero-order valence-electron chi connectivity index (χ0n) is 14.0. The molecule has 0 fully saturated rings. The van der Waals surface area contributed by atoms with Gasteiger partial charge in [-0.3, -0.25) is 0 Å². The van der Waals surface area contributed by atoms with Crippen molar-refractivity contribution in [1.29, 1.82) is 0 Å². The van der Waals surface area contributed by atoms with Crippen LogP contribution in [0.4, 0.5) is 0 Å². The summed E-state index contributed by atoms with van der Waals surface area (Å²) >= 11 is 1.72. The Morgan fingerprint density at radius 1 is 1.26 bits per heavy atom. The molecule has 1 aromatic rings. The van der Waals surface area contributed by atoms with Crippen LogP contribution in [0.15, 0.2) is 34.2 Å². The minimum atomic E-state index is -0.994. The summed E-state index contributed by atoms with van der Waals surface area (Å²) in [7, 11) is 2.35. The highest BCUT2D eigenvalue weighted by atomic mass is 32.2. The molecular formula is C16H24NO4PS. The van der Waals surface area contributed by atoms with Crippen LogP contribution in [0.1, 0.15) is 18.6 Å². The third kappa shape index (κ3) is 5.16. The number of thioether (sulfide) groups is 1. The van der Waals surface area contributed by atoms with Crippen molar-refractivity contribution < 1.29 is 18.5 Å². The van der Waals surface area contributed by atoms with Crippen molar-refractivity contribution in [2.45, 2.75) is 24.0 Å². The number of hydrogen-bond donors (Lipinski definition) is 0. The molecule has 1 aliphatic heterocycles. The van der Waals surface area contributed by atoms with Gasteiger partial charge >= 0.3 is 0 Å². The molecule has 0 spiro atoms. The van der Waals surface area contributed by atoms with E-state index in [0.717, 1.165) is 5.56 Å². The van der Waals surface area contributed by atoms with Crippen molar-refractivity contribution in [2.24, 2.45) is 4.99 Å². The minimum absolute atomic E-state index is 0.0366. The maximum atomic E-state index is 6.08. The lowest BCUT2D eigenvalue weighted by atomic mass is 10.0. The average Bonchev–Trinajstić information content (AvgIpc) is 2.97. The molecule has 0 aliphatic carbocycles. The molecule has 0 bridgehead atoms. The maximum Gasteiger partial charge on any atom is 0.193 e. The predicted octanol–water partition coefficient (Wildman–Crippen LogP) is 3.89. The molecule has 0 saturated heterocycles. The van der Waals surface area contributed by atoms with E-state index in [4.69, 9.17) is 18.5 Å². The van der Waals surface area contributed by atoms with Gasteiger partial charge in [0, 0.05) is 19.1 Å². The van der Waals surface area contributed by atoms with Gasteiger partial charge in [0.05, 0.1) is 19.4 Å². The van der Waals surface area contributed by atoms with Crippen LogP contribution in [0.2, 0.25) is 0 Å². The van der Waals surface area contributed by atoms with Crippen LogP contribution >= 0.6 is 20.1 Å². The molecule has 7 heteroatoms. The standard InChI is InChI=1S/C16H24NO4PS/c1-5-20-22(19-3)11-15-17-14(10-18-2)16(21-15)12-6-8-13(23-4)9-7-12/h6-9,14,16H,5,10-11H2,1-4H3/t14?,16-,22?/m0/s1. The summed E-state index contributed by atoms with van der Waals surface area (Å²) in [6, 6.07) is 8.37. The monoisotopic (exact) mass is 357 g/mol. The lowest BCUT2D eigenvalue weighted by Gasteiger charge is -2.18. The Morgan fingerprint density at radius 2 is 2.00 bits per heavy atom. The van der Waals surface area contributed by atoms with E-state index in [9.17, 15) is 0 Å². The second kappa shape index (κ2) is 9.60. The van der Waals surface area contributed by atoms with Gasteiger partial charge in [-0.05, 0) is 30.9 Å². The van der Waals surface area contributed by atoms with E-state index in [2.05, 4.69) is 35.5 Å². The lowest BCUT2D eigenvalue weighted by Crippen LogP contribution is -2.19. The number of benzene rings is 1. The quantitative estimate of drug-likeness (QED) is 0.496. The van der Waals surface area contributed by atoms with Gasteiger partial charge in [-0.25, -0.2) is 4.99 Å². The fraction of sp³-hybridized carbons (Fsp3) is 0.562. The molecule has 0 amide bonds. The normalized spacial score (nSPS) is 21.8. The Balaban J connectivity index is 2.08. The second-order valence-corrected chi connectivity index (χ2v) is 7.43. The van der Waals surface area contributed by atoms with E-state index in [1.165, 1.54) is 4.90 Å². The molecular weight excluding hydrogens is 333 g/mol. The molecule has 5 nitrogen and oxygen atoms in total. The zero-order chi connectivity index (χ0) is 16.7. The largest absolute Gasteiger partial charge is 0.470 e. The molecule has 2 unspecified atom stereocenters. The highest BCUT2D eigenvalue weighted by molar-refractivity contribution is 7.98. The SMILES string of the molecule is CCOP(CC1=NC(COC)[C@H](c2ccc(SC)cc2)O1)OC. The van der Waals surface area contributed by atoms with Crippen LogP contribution in [-0.4, -0.2) is 51.8 Å². The molecule has 0 radical (unpaired) electrons. The lowest BCUT2D eigenvalue weighted by molar-refractivity contribution is 0.119. The first-order chi connectivity index (χ1) is 11.2. The summed E-state index contributed by atoms with van der Waals surface area (Å²) < 4.78 is 22.3. The molecule has 3 atom stereocenters. The van der Waals surface area contributed by atoms with Crippen molar-refractivity contribution in [2.75, 3.05) is 39.9 Å². The Bertz CT molecular complexity index is 511. The van der Waals surface area contributed by atoms with E-state index in [0.29, 0.717) is 25.3 Å². The van der Waals surface area contributed by atoms with Crippen molar-refractivity contribution in [1.82, 2.24) is 0 Å². The van der Waals surface area contributed by atoms with Crippen LogP contribution in [-0.2, 0) is 18.5 Å². The number of rotatable bonds is 9. The molecule has 128 valence electrons. The summed E-state index contributed by atoms with van der Waals surface area (Å²) in [4.78, 5) is 5.90. The Labute approximate surface area is 143 Å². The molecule has 1 aliphatic rings. The molecule has 2 rings (SSSR count). The first-order valence-electron chi connectivity index (χ1n) is 7.52. The van der Waals surface area contributed by atoms with Crippen LogP contribution in [0.25, 0.3) is 0 Å². The summed E-state index contributed by atoms with van der Waals surface area (Å²) in [5.41, 5.74) is 1.11. The Morgan fingerprint density at radius 3 is 2.57 bits per heavy atom. The highest BCUT2D eigenvalue weighted by Gasteiger charge is 2.33. The highest BCUT2D eigenvalue weighted by Crippen LogP contribution is 2.40. The summed E-state index contributed by atoms with van der Waals surface area (Å²) in [5, 5.41) is 0. The van der Waals surface area contributed by atoms with Crippen LogP contribution in [0, 0.1) is 0 Å². The zero-order valence-corrected chi connectivity index (χ0v) is 15.7. The van der Waals surface area contributed by atoms with E-state index < -0.39 is 8.38 Å². The van der Waals surface area contributed by atoms with E-state index in [1.54, 1.807) is 26.0 Å². The molecule has 0 N–H and O–H groups in total. The fourth-order valence-electron chi connectivity index (χ4n) is 2.38. The number of methoxy groups -OCH3 is 1. The van der Waals surface area contributed by atoms with Crippen molar-refractivity contribution >= 4 is 26.0 Å². The third-order valence-electron chi connectivity index (χ3n) is 3.45. The Hall–Kier alpha value is -0.650. The van der Waals surface area contributed by atoms with Crippen molar-refractivity contribution in [3.8, 4) is 0 Å². The fourth-order valence-corrected chi connectivity index (χ4v) is 3.78. The smallest absolute Gasteiger partial charge is 0.193 e.